The van der Waals surface area contributed by atoms with Crippen molar-refractivity contribution in [2.45, 2.75) is 39.5 Å². The van der Waals surface area contributed by atoms with Gasteiger partial charge in [-0.1, -0.05) is 44.5 Å². The zero-order valence-electron chi connectivity index (χ0n) is 9.95. The van der Waals surface area contributed by atoms with Gasteiger partial charge in [0.2, 0.25) is 11.6 Å². The lowest BCUT2D eigenvalue weighted by Gasteiger charge is -2.02. The van der Waals surface area contributed by atoms with Gasteiger partial charge in [0.15, 0.2) is 0 Å². The lowest BCUT2D eigenvalue weighted by atomic mass is 10.0. The van der Waals surface area contributed by atoms with Crippen LogP contribution >= 0.6 is 0 Å². The summed E-state index contributed by atoms with van der Waals surface area (Å²) in [5.74, 6) is -0.689. The molecule has 0 heterocycles. The van der Waals surface area contributed by atoms with Gasteiger partial charge in [-0.2, -0.15) is 0 Å². The van der Waals surface area contributed by atoms with E-state index in [2.05, 4.69) is 6.92 Å². The van der Waals surface area contributed by atoms with Gasteiger partial charge < -0.3 is 0 Å². The van der Waals surface area contributed by atoms with Crippen molar-refractivity contribution in [1.29, 1.82) is 0 Å². The van der Waals surface area contributed by atoms with Crippen LogP contribution in [0.15, 0.2) is 24.3 Å². The molecule has 0 saturated heterocycles. The number of carbonyl (C=O) groups excluding carboxylic acids is 2. The van der Waals surface area contributed by atoms with E-state index < -0.39 is 0 Å². The quantitative estimate of drug-likeness (QED) is 0.543. The Kier molecular flexibility index (Phi) is 4.90. The normalized spacial score (nSPS) is 10.1. The minimum absolute atomic E-state index is 0.274. The van der Waals surface area contributed by atoms with Crippen molar-refractivity contribution in [3.63, 3.8) is 0 Å². The molecule has 0 amide bonds. The first kappa shape index (κ1) is 12.6. The molecule has 0 aliphatic carbocycles. The molecule has 0 aliphatic heterocycles. The largest absolute Gasteiger partial charge is 0.290 e. The number of ketones is 2. The predicted octanol–water partition coefficient (Wildman–Crippen LogP) is 3.19. The van der Waals surface area contributed by atoms with Gasteiger partial charge in [0.25, 0.3) is 0 Å². The van der Waals surface area contributed by atoms with Crippen LogP contribution in [-0.4, -0.2) is 11.6 Å². The highest BCUT2D eigenvalue weighted by atomic mass is 16.2. The molecule has 0 N–H and O–H groups in total. The van der Waals surface area contributed by atoms with E-state index in [1.807, 2.05) is 12.1 Å². The molecule has 1 aromatic carbocycles. The Labute approximate surface area is 96.7 Å². The Hall–Kier alpha value is -1.44. The molecular weight excluding hydrogens is 200 g/mol. The van der Waals surface area contributed by atoms with Crippen molar-refractivity contribution in [1.82, 2.24) is 0 Å². The molecule has 0 aliphatic rings. The SMILES string of the molecule is CCCCc1ccc(C(=O)C(=O)CC)cc1. The molecule has 0 spiro atoms. The molecule has 0 unspecified atom stereocenters. The van der Waals surface area contributed by atoms with Crippen LogP contribution in [0.1, 0.15) is 49.0 Å². The van der Waals surface area contributed by atoms with E-state index in [1.165, 1.54) is 5.56 Å². The maximum atomic E-state index is 11.6. The van der Waals surface area contributed by atoms with E-state index in [0.717, 1.165) is 19.3 Å². The van der Waals surface area contributed by atoms with Gasteiger partial charge in [-0.25, -0.2) is 0 Å². The van der Waals surface area contributed by atoms with Crippen LogP contribution in [0.4, 0.5) is 0 Å². The molecule has 0 atom stereocenters. The van der Waals surface area contributed by atoms with Gasteiger partial charge in [-0.05, 0) is 18.4 Å². The first-order valence-electron chi connectivity index (χ1n) is 5.85. The molecule has 1 rings (SSSR count). The maximum absolute atomic E-state index is 11.6. The van der Waals surface area contributed by atoms with E-state index in [9.17, 15) is 9.59 Å². The van der Waals surface area contributed by atoms with Gasteiger partial charge in [0.1, 0.15) is 0 Å². The molecule has 0 bridgehead atoms. The number of Topliss-reactive ketones (excluding diaryl/α,β-unsaturated/α-hetero) is 2. The standard InChI is InChI=1S/C14H18O2/c1-3-5-6-11-7-9-12(10-8-11)14(16)13(15)4-2/h7-10H,3-6H2,1-2H3. The number of unbranched alkanes of at least 4 members (excludes halogenated alkanes) is 1. The van der Waals surface area contributed by atoms with Crippen molar-refractivity contribution in [2.24, 2.45) is 0 Å². The smallest absolute Gasteiger partial charge is 0.228 e. The average molecular weight is 218 g/mol. The third-order valence-corrected chi connectivity index (χ3v) is 2.61. The molecule has 2 nitrogen and oxygen atoms in total. The topological polar surface area (TPSA) is 34.1 Å². The summed E-state index contributed by atoms with van der Waals surface area (Å²) in [4.78, 5) is 22.8. The van der Waals surface area contributed by atoms with E-state index in [4.69, 9.17) is 0 Å². The summed E-state index contributed by atoms with van der Waals surface area (Å²) in [6, 6.07) is 7.37. The molecule has 0 saturated carbocycles. The van der Waals surface area contributed by atoms with Gasteiger partial charge in [0, 0.05) is 12.0 Å². The van der Waals surface area contributed by atoms with E-state index in [-0.39, 0.29) is 18.0 Å². The minimum atomic E-state index is -0.371. The summed E-state index contributed by atoms with van der Waals surface area (Å²) in [6.07, 6.45) is 3.62. The van der Waals surface area contributed by atoms with E-state index >= 15 is 0 Å². The number of rotatable bonds is 6. The summed E-state index contributed by atoms with van der Waals surface area (Å²) in [5.41, 5.74) is 1.73. The zero-order valence-corrected chi connectivity index (χ0v) is 9.95. The molecule has 0 radical (unpaired) electrons. The highest BCUT2D eigenvalue weighted by Crippen LogP contribution is 2.09. The Morgan fingerprint density at radius 3 is 2.19 bits per heavy atom. The van der Waals surface area contributed by atoms with Crippen molar-refractivity contribution in [3.05, 3.63) is 35.4 Å². The van der Waals surface area contributed by atoms with E-state index in [1.54, 1.807) is 19.1 Å². The molecular formula is C14H18O2. The Morgan fingerprint density at radius 1 is 1.06 bits per heavy atom. The van der Waals surface area contributed by atoms with Crippen LogP contribution in [0.2, 0.25) is 0 Å². The maximum Gasteiger partial charge on any atom is 0.228 e. The van der Waals surface area contributed by atoms with Crippen LogP contribution in [0.3, 0.4) is 0 Å². The summed E-state index contributed by atoms with van der Waals surface area (Å²) in [5, 5.41) is 0. The first-order valence-corrected chi connectivity index (χ1v) is 5.85. The third-order valence-electron chi connectivity index (χ3n) is 2.61. The van der Waals surface area contributed by atoms with Crippen molar-refractivity contribution in [2.75, 3.05) is 0 Å². The number of hydrogen-bond acceptors (Lipinski definition) is 2. The fraction of sp³-hybridized carbons (Fsp3) is 0.429. The van der Waals surface area contributed by atoms with Crippen LogP contribution in [-0.2, 0) is 11.2 Å². The number of hydrogen-bond donors (Lipinski definition) is 0. The van der Waals surface area contributed by atoms with Crippen LogP contribution in [0.5, 0.6) is 0 Å². The lowest BCUT2D eigenvalue weighted by molar-refractivity contribution is -0.114. The van der Waals surface area contributed by atoms with Crippen molar-refractivity contribution in [3.8, 4) is 0 Å². The molecule has 0 fully saturated rings. The number of carbonyl (C=O) groups is 2. The van der Waals surface area contributed by atoms with Crippen molar-refractivity contribution >= 4 is 11.6 Å². The van der Waals surface area contributed by atoms with Gasteiger partial charge >= 0.3 is 0 Å². The monoisotopic (exact) mass is 218 g/mol. The molecule has 1 aromatic rings. The fourth-order valence-corrected chi connectivity index (χ4v) is 1.53. The summed E-state index contributed by atoms with van der Waals surface area (Å²) < 4.78 is 0. The summed E-state index contributed by atoms with van der Waals surface area (Å²) in [6.45, 7) is 3.85. The highest BCUT2D eigenvalue weighted by Gasteiger charge is 2.13. The minimum Gasteiger partial charge on any atom is -0.290 e. The first-order chi connectivity index (χ1) is 7.69. The second-order valence-electron chi connectivity index (χ2n) is 3.91. The molecule has 16 heavy (non-hydrogen) atoms. The summed E-state index contributed by atoms with van der Waals surface area (Å²) >= 11 is 0. The Balaban J connectivity index is 2.71. The van der Waals surface area contributed by atoms with Gasteiger partial charge in [-0.3, -0.25) is 9.59 Å². The fourth-order valence-electron chi connectivity index (χ4n) is 1.53. The second kappa shape index (κ2) is 6.21. The predicted molar refractivity (Wildman–Crippen MR) is 64.7 cm³/mol. The molecule has 2 heteroatoms. The zero-order chi connectivity index (χ0) is 12.0. The number of aryl methyl sites for hydroxylation is 1. The van der Waals surface area contributed by atoms with Crippen molar-refractivity contribution < 1.29 is 9.59 Å². The number of benzene rings is 1. The average Bonchev–Trinajstić information content (AvgIpc) is 2.35. The van der Waals surface area contributed by atoms with Gasteiger partial charge in [0.05, 0.1) is 0 Å². The third kappa shape index (κ3) is 3.30. The summed E-state index contributed by atoms with van der Waals surface area (Å²) in [7, 11) is 0. The Morgan fingerprint density at radius 2 is 1.69 bits per heavy atom. The van der Waals surface area contributed by atoms with Crippen LogP contribution in [0.25, 0.3) is 0 Å². The highest BCUT2D eigenvalue weighted by molar-refractivity contribution is 6.43. The molecule has 86 valence electrons. The second-order valence-corrected chi connectivity index (χ2v) is 3.91. The van der Waals surface area contributed by atoms with Gasteiger partial charge in [-0.15, -0.1) is 0 Å². The lowest BCUT2D eigenvalue weighted by Crippen LogP contribution is -2.12. The van der Waals surface area contributed by atoms with E-state index in [0.29, 0.717) is 5.56 Å². The van der Waals surface area contributed by atoms with Crippen LogP contribution < -0.4 is 0 Å². The van der Waals surface area contributed by atoms with Crippen LogP contribution in [0, 0.1) is 0 Å². The molecule has 0 aromatic heterocycles. The Bertz CT molecular complexity index is 363.